The number of nitrogens with zero attached hydrogens (tertiary/aromatic N) is 2. The van der Waals surface area contributed by atoms with Crippen LogP contribution in [0.3, 0.4) is 0 Å². The molecule has 6 heteroatoms. The molecule has 0 amide bonds. The van der Waals surface area contributed by atoms with E-state index in [1.54, 1.807) is 12.5 Å². The lowest BCUT2D eigenvalue weighted by Gasteiger charge is -2.26. The quantitative estimate of drug-likeness (QED) is 0.722. The maximum absolute atomic E-state index is 5.57. The number of nitrogens with one attached hydrogen (secondary N) is 2. The molecule has 0 aromatic carbocycles. The Morgan fingerprint density at radius 2 is 2.13 bits per heavy atom. The Morgan fingerprint density at radius 1 is 1.17 bits per heavy atom. The average Bonchev–Trinajstić information content (AvgIpc) is 3.31. The molecule has 3 aromatic rings. The number of pyridine rings is 1. The third kappa shape index (κ3) is 2.61. The van der Waals surface area contributed by atoms with E-state index in [0.717, 1.165) is 17.1 Å². The lowest BCUT2D eigenvalue weighted by atomic mass is 10.0. The van der Waals surface area contributed by atoms with Gasteiger partial charge in [-0.25, -0.2) is 0 Å². The minimum absolute atomic E-state index is 0.00249. The Morgan fingerprint density at radius 3 is 2.83 bits per heavy atom. The van der Waals surface area contributed by atoms with E-state index in [1.807, 2.05) is 42.6 Å². The van der Waals surface area contributed by atoms with Crippen LogP contribution < -0.4 is 5.32 Å². The maximum Gasteiger partial charge on any atom is 0.170 e. The summed E-state index contributed by atoms with van der Waals surface area (Å²) in [7, 11) is 0. The number of hydrogen-bond donors (Lipinski definition) is 2. The van der Waals surface area contributed by atoms with Gasteiger partial charge in [0.25, 0.3) is 0 Å². The average molecular weight is 324 g/mol. The van der Waals surface area contributed by atoms with E-state index in [2.05, 4.69) is 26.3 Å². The molecule has 0 aliphatic carbocycles. The third-order valence-electron chi connectivity index (χ3n) is 4.04. The minimum atomic E-state index is -0.00249. The molecule has 2 atom stereocenters. The van der Waals surface area contributed by atoms with Gasteiger partial charge in [-0.05, 0) is 48.6 Å². The van der Waals surface area contributed by atoms with Gasteiger partial charge in [-0.15, -0.1) is 0 Å². The SMILES string of the molecule is S=C1NC(c2ccccn2)C(c2ccc[nH]2)N1Cc1ccco1. The molecule has 5 nitrogen and oxygen atoms in total. The van der Waals surface area contributed by atoms with Gasteiger partial charge >= 0.3 is 0 Å². The van der Waals surface area contributed by atoms with Crippen LogP contribution in [-0.4, -0.2) is 20.0 Å². The van der Waals surface area contributed by atoms with Gasteiger partial charge in [0.1, 0.15) is 5.76 Å². The molecule has 0 spiro atoms. The number of thiocarbonyl (C=S) groups is 1. The summed E-state index contributed by atoms with van der Waals surface area (Å²) in [5.74, 6) is 0.882. The first kappa shape index (κ1) is 14.0. The topological polar surface area (TPSA) is 57.1 Å². The molecule has 1 saturated heterocycles. The zero-order valence-corrected chi connectivity index (χ0v) is 13.2. The van der Waals surface area contributed by atoms with Crippen LogP contribution in [0, 0.1) is 0 Å². The van der Waals surface area contributed by atoms with Gasteiger partial charge in [0, 0.05) is 18.1 Å². The van der Waals surface area contributed by atoms with Crippen molar-refractivity contribution in [3.8, 4) is 0 Å². The van der Waals surface area contributed by atoms with E-state index in [1.165, 1.54) is 0 Å². The van der Waals surface area contributed by atoms with Gasteiger partial charge in [0.2, 0.25) is 0 Å². The molecule has 0 radical (unpaired) electrons. The Balaban J connectivity index is 1.71. The van der Waals surface area contributed by atoms with Crippen LogP contribution in [0.4, 0.5) is 0 Å². The molecule has 1 fully saturated rings. The first-order valence-corrected chi connectivity index (χ1v) is 7.87. The van der Waals surface area contributed by atoms with Gasteiger partial charge in [0.15, 0.2) is 5.11 Å². The Hall–Kier alpha value is -2.60. The molecule has 2 N–H and O–H groups in total. The van der Waals surface area contributed by atoms with Gasteiger partial charge in [-0.3, -0.25) is 4.98 Å². The van der Waals surface area contributed by atoms with Crippen molar-refractivity contribution in [1.29, 1.82) is 0 Å². The van der Waals surface area contributed by atoms with Crippen molar-refractivity contribution in [2.75, 3.05) is 0 Å². The molecule has 0 bridgehead atoms. The Kier molecular flexibility index (Phi) is 3.59. The normalized spacial score (nSPS) is 20.7. The van der Waals surface area contributed by atoms with Gasteiger partial charge < -0.3 is 19.6 Å². The smallest absolute Gasteiger partial charge is 0.170 e. The van der Waals surface area contributed by atoms with Crippen LogP contribution in [0.1, 0.15) is 29.2 Å². The fourth-order valence-electron chi connectivity index (χ4n) is 3.01. The standard InChI is InChI=1S/C17H16N4OS/c23-17-20-15(13-6-1-2-8-18-13)16(14-7-3-9-19-14)21(17)11-12-5-4-10-22-12/h1-10,15-16,19H,11H2,(H,20,23). The molecular formula is C17H16N4OS. The predicted molar refractivity (Wildman–Crippen MR) is 90.5 cm³/mol. The minimum Gasteiger partial charge on any atom is -0.467 e. The van der Waals surface area contributed by atoms with Crippen molar-refractivity contribution in [1.82, 2.24) is 20.2 Å². The molecular weight excluding hydrogens is 308 g/mol. The molecule has 116 valence electrons. The van der Waals surface area contributed by atoms with Crippen molar-refractivity contribution in [3.05, 3.63) is 78.3 Å². The van der Waals surface area contributed by atoms with E-state index < -0.39 is 0 Å². The van der Waals surface area contributed by atoms with Crippen LogP contribution in [0.5, 0.6) is 0 Å². The van der Waals surface area contributed by atoms with Crippen molar-refractivity contribution >= 4 is 17.3 Å². The molecule has 1 aliphatic rings. The van der Waals surface area contributed by atoms with Gasteiger partial charge in [0.05, 0.1) is 30.6 Å². The van der Waals surface area contributed by atoms with E-state index in [9.17, 15) is 0 Å². The summed E-state index contributed by atoms with van der Waals surface area (Å²) in [6.07, 6.45) is 5.42. The maximum atomic E-state index is 5.57. The van der Waals surface area contributed by atoms with Gasteiger partial charge in [-0.1, -0.05) is 6.07 Å². The van der Waals surface area contributed by atoms with E-state index >= 15 is 0 Å². The van der Waals surface area contributed by atoms with Crippen LogP contribution in [0.2, 0.25) is 0 Å². The summed E-state index contributed by atoms with van der Waals surface area (Å²) in [4.78, 5) is 9.95. The Bertz CT molecular complexity index is 770. The van der Waals surface area contributed by atoms with Crippen LogP contribution in [-0.2, 0) is 6.54 Å². The summed E-state index contributed by atoms with van der Waals surface area (Å²) < 4.78 is 5.50. The summed E-state index contributed by atoms with van der Waals surface area (Å²) >= 11 is 5.57. The highest BCUT2D eigenvalue weighted by Gasteiger charge is 2.40. The summed E-state index contributed by atoms with van der Waals surface area (Å²) in [6.45, 7) is 0.617. The zero-order chi connectivity index (χ0) is 15.6. The monoisotopic (exact) mass is 324 g/mol. The Labute approximate surface area is 139 Å². The summed E-state index contributed by atoms with van der Waals surface area (Å²) in [5, 5.41) is 4.11. The number of aromatic nitrogens is 2. The second kappa shape index (κ2) is 5.89. The van der Waals surface area contributed by atoms with Crippen molar-refractivity contribution < 1.29 is 4.42 Å². The predicted octanol–water partition coefficient (Wildman–Crippen LogP) is 3.18. The van der Waals surface area contributed by atoms with E-state index in [-0.39, 0.29) is 12.1 Å². The van der Waals surface area contributed by atoms with Gasteiger partial charge in [-0.2, -0.15) is 0 Å². The number of furan rings is 1. The van der Waals surface area contributed by atoms with Crippen molar-refractivity contribution in [2.24, 2.45) is 0 Å². The van der Waals surface area contributed by atoms with Crippen molar-refractivity contribution in [3.63, 3.8) is 0 Å². The molecule has 23 heavy (non-hydrogen) atoms. The summed E-state index contributed by atoms with van der Waals surface area (Å²) in [6, 6.07) is 13.9. The molecule has 4 rings (SSSR count). The highest BCUT2D eigenvalue weighted by atomic mass is 32.1. The molecule has 1 aliphatic heterocycles. The van der Waals surface area contributed by atoms with E-state index in [0.29, 0.717) is 11.7 Å². The fourth-order valence-corrected chi connectivity index (χ4v) is 3.32. The molecule has 3 aromatic heterocycles. The second-order valence-corrected chi connectivity index (χ2v) is 5.85. The molecule has 2 unspecified atom stereocenters. The highest BCUT2D eigenvalue weighted by Crippen LogP contribution is 2.38. The van der Waals surface area contributed by atoms with Crippen LogP contribution in [0.15, 0.2) is 65.5 Å². The number of aromatic amines is 1. The van der Waals surface area contributed by atoms with Crippen molar-refractivity contribution in [2.45, 2.75) is 18.6 Å². The lowest BCUT2D eigenvalue weighted by molar-refractivity contribution is 0.283. The zero-order valence-electron chi connectivity index (χ0n) is 12.3. The molecule has 4 heterocycles. The lowest BCUT2D eigenvalue weighted by Crippen LogP contribution is -2.29. The van der Waals surface area contributed by atoms with E-state index in [4.69, 9.17) is 16.6 Å². The number of H-pyrrole nitrogens is 1. The first-order valence-electron chi connectivity index (χ1n) is 7.46. The van der Waals surface area contributed by atoms with Crippen LogP contribution in [0.25, 0.3) is 0 Å². The highest BCUT2D eigenvalue weighted by molar-refractivity contribution is 7.80. The largest absolute Gasteiger partial charge is 0.467 e. The number of hydrogen-bond acceptors (Lipinski definition) is 3. The van der Waals surface area contributed by atoms with Crippen LogP contribution >= 0.6 is 12.2 Å². The summed E-state index contributed by atoms with van der Waals surface area (Å²) in [5.41, 5.74) is 2.07. The first-order chi connectivity index (χ1) is 11.3. The number of rotatable bonds is 4. The third-order valence-corrected chi connectivity index (χ3v) is 4.40. The fraction of sp³-hybridized carbons (Fsp3) is 0.176. The molecule has 0 saturated carbocycles. The second-order valence-electron chi connectivity index (χ2n) is 5.46.